The summed E-state index contributed by atoms with van der Waals surface area (Å²) in [7, 11) is -3.98. The predicted octanol–water partition coefficient (Wildman–Crippen LogP) is 3.78. The van der Waals surface area contributed by atoms with Crippen LogP contribution in [0.1, 0.15) is 12.5 Å². The van der Waals surface area contributed by atoms with E-state index >= 15 is 0 Å². The highest BCUT2D eigenvalue weighted by Crippen LogP contribution is 2.31. The highest BCUT2D eigenvalue weighted by Gasteiger charge is 2.25. The molecule has 0 aliphatic rings. The SMILES string of the molecule is CCn1cc(Br)c2cc(Cl)n(S(=O)(=O)c3ccc(C)cc3)c2c1=O. The average Bonchev–Trinajstić information content (AvgIpc) is 2.90. The van der Waals surface area contributed by atoms with Crippen molar-refractivity contribution in [2.45, 2.75) is 25.3 Å². The topological polar surface area (TPSA) is 61.1 Å². The van der Waals surface area contributed by atoms with Crippen molar-refractivity contribution in [2.24, 2.45) is 0 Å². The van der Waals surface area contributed by atoms with Crippen molar-refractivity contribution < 1.29 is 8.42 Å². The molecule has 3 aromatic rings. The summed E-state index contributed by atoms with van der Waals surface area (Å²) in [6.45, 7) is 4.09. The van der Waals surface area contributed by atoms with Gasteiger partial charge < -0.3 is 4.57 Å². The number of benzene rings is 1. The van der Waals surface area contributed by atoms with Crippen LogP contribution in [0.5, 0.6) is 0 Å². The molecular weight excluding hydrogens is 416 g/mol. The summed E-state index contributed by atoms with van der Waals surface area (Å²) >= 11 is 9.56. The third kappa shape index (κ3) is 2.60. The van der Waals surface area contributed by atoms with Gasteiger partial charge in [-0.05, 0) is 48.0 Å². The first-order chi connectivity index (χ1) is 11.3. The number of aromatic nitrogens is 2. The molecule has 0 radical (unpaired) electrons. The molecule has 0 spiro atoms. The summed E-state index contributed by atoms with van der Waals surface area (Å²) in [6.07, 6.45) is 1.63. The molecule has 1 aromatic carbocycles. The van der Waals surface area contributed by atoms with Gasteiger partial charge in [0.15, 0.2) is 0 Å². The Kier molecular flexibility index (Phi) is 4.36. The number of pyridine rings is 1. The maximum atomic E-state index is 13.0. The Bertz CT molecular complexity index is 1100. The molecule has 0 aliphatic carbocycles. The Balaban J connectivity index is 2.42. The molecule has 24 heavy (non-hydrogen) atoms. The van der Waals surface area contributed by atoms with Crippen LogP contribution >= 0.6 is 27.5 Å². The number of rotatable bonds is 3. The van der Waals surface area contributed by atoms with Gasteiger partial charge in [0, 0.05) is 22.6 Å². The van der Waals surface area contributed by atoms with Crippen LogP contribution in [0.4, 0.5) is 0 Å². The Morgan fingerprint density at radius 3 is 2.42 bits per heavy atom. The van der Waals surface area contributed by atoms with E-state index in [-0.39, 0.29) is 15.6 Å². The van der Waals surface area contributed by atoms with E-state index in [0.717, 1.165) is 9.54 Å². The van der Waals surface area contributed by atoms with Crippen LogP contribution in [-0.2, 0) is 16.6 Å². The van der Waals surface area contributed by atoms with Crippen molar-refractivity contribution in [1.82, 2.24) is 8.54 Å². The van der Waals surface area contributed by atoms with E-state index in [4.69, 9.17) is 11.6 Å². The Labute approximate surface area is 152 Å². The van der Waals surface area contributed by atoms with Gasteiger partial charge in [0.2, 0.25) is 0 Å². The van der Waals surface area contributed by atoms with Gasteiger partial charge in [-0.3, -0.25) is 4.79 Å². The van der Waals surface area contributed by atoms with E-state index in [1.54, 1.807) is 18.3 Å². The lowest BCUT2D eigenvalue weighted by molar-refractivity contribution is 0.588. The Morgan fingerprint density at radius 1 is 1.21 bits per heavy atom. The molecule has 0 fully saturated rings. The van der Waals surface area contributed by atoms with Crippen LogP contribution in [0, 0.1) is 6.92 Å². The Hall–Kier alpha value is -1.57. The molecule has 3 rings (SSSR count). The molecule has 0 unspecified atom stereocenters. The normalized spacial score (nSPS) is 12.0. The highest BCUT2D eigenvalue weighted by molar-refractivity contribution is 9.10. The van der Waals surface area contributed by atoms with Crippen molar-refractivity contribution in [3.8, 4) is 0 Å². The van der Waals surface area contributed by atoms with Gasteiger partial charge >= 0.3 is 0 Å². The molecule has 0 saturated carbocycles. The molecule has 0 atom stereocenters. The summed E-state index contributed by atoms with van der Waals surface area (Å²) in [5.41, 5.74) is 0.573. The highest BCUT2D eigenvalue weighted by atomic mass is 79.9. The summed E-state index contributed by atoms with van der Waals surface area (Å²) in [5.74, 6) is 0. The van der Waals surface area contributed by atoms with Crippen LogP contribution in [0.3, 0.4) is 0 Å². The maximum absolute atomic E-state index is 13.0. The van der Waals surface area contributed by atoms with Crippen LogP contribution in [0.2, 0.25) is 5.15 Å². The molecule has 5 nitrogen and oxygen atoms in total. The first kappa shape index (κ1) is 17.3. The van der Waals surface area contributed by atoms with Gasteiger partial charge in [-0.2, -0.15) is 0 Å². The maximum Gasteiger partial charge on any atom is 0.276 e. The second-order valence-corrected chi connectivity index (χ2v) is 8.41. The minimum Gasteiger partial charge on any atom is -0.313 e. The largest absolute Gasteiger partial charge is 0.313 e. The lowest BCUT2D eigenvalue weighted by atomic mass is 10.2. The zero-order valence-corrected chi connectivity index (χ0v) is 16.1. The quantitative estimate of drug-likeness (QED) is 0.636. The van der Waals surface area contributed by atoms with Gasteiger partial charge in [0.25, 0.3) is 15.6 Å². The van der Waals surface area contributed by atoms with E-state index < -0.39 is 15.6 Å². The van der Waals surface area contributed by atoms with Gasteiger partial charge in [-0.15, -0.1) is 0 Å². The van der Waals surface area contributed by atoms with Crippen molar-refractivity contribution >= 4 is 48.5 Å². The smallest absolute Gasteiger partial charge is 0.276 e. The van der Waals surface area contributed by atoms with Crippen LogP contribution in [-0.4, -0.2) is 17.0 Å². The van der Waals surface area contributed by atoms with E-state index in [1.807, 2.05) is 13.8 Å². The van der Waals surface area contributed by atoms with Gasteiger partial charge in [-0.25, -0.2) is 12.4 Å². The molecule has 2 heterocycles. The monoisotopic (exact) mass is 428 g/mol. The fourth-order valence-corrected chi connectivity index (χ4v) is 4.94. The number of aryl methyl sites for hydroxylation is 2. The van der Waals surface area contributed by atoms with E-state index in [0.29, 0.717) is 16.4 Å². The predicted molar refractivity (Wildman–Crippen MR) is 98.3 cm³/mol. The third-order valence-electron chi connectivity index (χ3n) is 3.81. The summed E-state index contributed by atoms with van der Waals surface area (Å²) in [4.78, 5) is 12.8. The second kappa shape index (κ2) is 6.06. The van der Waals surface area contributed by atoms with Gasteiger partial charge in [0.05, 0.1) is 4.90 Å². The average molecular weight is 430 g/mol. The van der Waals surface area contributed by atoms with Crippen molar-refractivity contribution in [1.29, 1.82) is 0 Å². The number of hydrogen-bond donors (Lipinski definition) is 0. The number of fused-ring (bicyclic) bond motifs is 1. The molecule has 126 valence electrons. The molecule has 0 amide bonds. The standard InChI is InChI=1S/C16H14BrClN2O3S/c1-3-19-9-13(17)12-8-14(18)20(15(12)16(19)21)24(22,23)11-6-4-10(2)5-7-11/h4-9H,3H2,1-2H3. The fourth-order valence-electron chi connectivity index (χ4n) is 2.53. The first-order valence-electron chi connectivity index (χ1n) is 7.19. The molecule has 8 heteroatoms. The third-order valence-corrected chi connectivity index (χ3v) is 6.54. The molecule has 2 aromatic heterocycles. The van der Waals surface area contributed by atoms with Crippen molar-refractivity contribution in [2.75, 3.05) is 0 Å². The number of hydrogen-bond acceptors (Lipinski definition) is 3. The summed E-state index contributed by atoms with van der Waals surface area (Å²) in [6, 6.07) is 7.89. The van der Waals surface area contributed by atoms with Crippen LogP contribution in [0.25, 0.3) is 10.9 Å². The first-order valence-corrected chi connectivity index (χ1v) is 9.80. The number of halogens is 2. The lowest BCUT2D eigenvalue weighted by Gasteiger charge is -2.10. The van der Waals surface area contributed by atoms with Gasteiger partial charge in [0.1, 0.15) is 10.7 Å². The molecule has 0 N–H and O–H groups in total. The van der Waals surface area contributed by atoms with Crippen LogP contribution < -0.4 is 5.56 Å². The van der Waals surface area contributed by atoms with Crippen molar-refractivity contribution in [3.63, 3.8) is 0 Å². The zero-order chi connectivity index (χ0) is 17.6. The Morgan fingerprint density at radius 2 is 1.83 bits per heavy atom. The van der Waals surface area contributed by atoms with E-state index in [2.05, 4.69) is 15.9 Å². The number of nitrogens with zero attached hydrogens (tertiary/aromatic N) is 2. The summed E-state index contributed by atoms with van der Waals surface area (Å²) < 4.78 is 29.0. The van der Waals surface area contributed by atoms with E-state index in [9.17, 15) is 13.2 Å². The minimum absolute atomic E-state index is 0.0303. The zero-order valence-electron chi connectivity index (χ0n) is 13.0. The second-order valence-electron chi connectivity index (χ2n) is 5.38. The van der Waals surface area contributed by atoms with Crippen LogP contribution in [0.15, 0.2) is 50.7 Å². The fraction of sp³-hybridized carbons (Fsp3) is 0.188. The molecule has 0 aliphatic heterocycles. The minimum atomic E-state index is -3.98. The molecular formula is C16H14BrClN2O3S. The lowest BCUT2D eigenvalue weighted by Crippen LogP contribution is -2.24. The van der Waals surface area contributed by atoms with E-state index in [1.165, 1.54) is 22.8 Å². The van der Waals surface area contributed by atoms with Crippen molar-refractivity contribution in [3.05, 3.63) is 62.1 Å². The summed E-state index contributed by atoms with van der Waals surface area (Å²) in [5, 5.41) is 0.433. The van der Waals surface area contributed by atoms with Gasteiger partial charge in [-0.1, -0.05) is 29.3 Å². The molecule has 0 bridgehead atoms. The molecule has 0 saturated heterocycles.